The molecule has 1 aliphatic heterocycles. The summed E-state index contributed by atoms with van der Waals surface area (Å²) in [5, 5.41) is 7.78. The predicted molar refractivity (Wildman–Crippen MR) is 117 cm³/mol. The molecular formula is C23H24N6O. The summed E-state index contributed by atoms with van der Waals surface area (Å²) in [6, 6.07) is 20.7. The van der Waals surface area contributed by atoms with Crippen LogP contribution in [0.3, 0.4) is 0 Å². The molecule has 0 radical (unpaired) electrons. The highest BCUT2D eigenvalue weighted by Gasteiger charge is 2.11. The van der Waals surface area contributed by atoms with E-state index in [1.165, 1.54) is 11.9 Å². The monoisotopic (exact) mass is 400 g/mol. The van der Waals surface area contributed by atoms with E-state index in [2.05, 4.69) is 49.5 Å². The molecule has 2 aromatic carbocycles. The number of hydrogen-bond donors (Lipinski definition) is 1. The van der Waals surface area contributed by atoms with Gasteiger partial charge in [0.15, 0.2) is 0 Å². The summed E-state index contributed by atoms with van der Waals surface area (Å²) in [5.41, 5.74) is 4.25. The van der Waals surface area contributed by atoms with Crippen LogP contribution in [0.2, 0.25) is 0 Å². The van der Waals surface area contributed by atoms with Crippen molar-refractivity contribution in [1.82, 2.24) is 24.5 Å². The molecule has 30 heavy (non-hydrogen) atoms. The van der Waals surface area contributed by atoms with Crippen molar-refractivity contribution in [1.29, 1.82) is 0 Å². The fraction of sp³-hybridized carbons (Fsp3) is 0.261. The maximum absolute atomic E-state index is 5.42. The Morgan fingerprint density at radius 3 is 2.57 bits per heavy atom. The maximum Gasteiger partial charge on any atom is 0.254 e. The van der Waals surface area contributed by atoms with E-state index >= 15 is 0 Å². The van der Waals surface area contributed by atoms with E-state index in [4.69, 9.17) is 4.74 Å². The Bertz CT molecular complexity index is 1100. The number of morpholine rings is 1. The quantitative estimate of drug-likeness (QED) is 0.535. The third kappa shape index (κ3) is 4.17. The summed E-state index contributed by atoms with van der Waals surface area (Å²) >= 11 is 0. The number of nitrogens with zero attached hydrogens (tertiary/aromatic N) is 5. The lowest BCUT2D eigenvalue weighted by Gasteiger charge is -2.26. The van der Waals surface area contributed by atoms with Gasteiger partial charge in [-0.05, 0) is 24.1 Å². The van der Waals surface area contributed by atoms with Gasteiger partial charge in [0.1, 0.15) is 12.1 Å². The van der Waals surface area contributed by atoms with Crippen LogP contribution in [0.5, 0.6) is 0 Å². The Hall–Kier alpha value is -3.29. The number of rotatable bonds is 6. The Labute approximate surface area is 175 Å². The van der Waals surface area contributed by atoms with Crippen molar-refractivity contribution in [3.05, 3.63) is 72.6 Å². The molecular weight excluding hydrogens is 376 g/mol. The lowest BCUT2D eigenvalue weighted by molar-refractivity contribution is 0.0384. The predicted octanol–water partition coefficient (Wildman–Crippen LogP) is 3.41. The van der Waals surface area contributed by atoms with E-state index in [0.717, 1.165) is 62.0 Å². The first-order valence-corrected chi connectivity index (χ1v) is 10.3. The fourth-order valence-corrected chi connectivity index (χ4v) is 3.67. The van der Waals surface area contributed by atoms with Gasteiger partial charge in [0.05, 0.1) is 18.9 Å². The first-order chi connectivity index (χ1) is 14.8. The molecule has 1 fully saturated rings. The van der Waals surface area contributed by atoms with E-state index < -0.39 is 0 Å². The molecule has 2 aromatic heterocycles. The van der Waals surface area contributed by atoms with Gasteiger partial charge in [-0.1, -0.05) is 42.5 Å². The van der Waals surface area contributed by atoms with Crippen molar-refractivity contribution in [3.8, 4) is 11.3 Å². The van der Waals surface area contributed by atoms with E-state index in [9.17, 15) is 0 Å². The Morgan fingerprint density at radius 2 is 1.77 bits per heavy atom. The van der Waals surface area contributed by atoms with Gasteiger partial charge in [-0.15, -0.1) is 0 Å². The number of nitrogens with one attached hydrogen (secondary N) is 1. The van der Waals surface area contributed by atoms with Crippen LogP contribution in [0.25, 0.3) is 17.0 Å². The van der Waals surface area contributed by atoms with Gasteiger partial charge < -0.3 is 10.1 Å². The van der Waals surface area contributed by atoms with Crippen LogP contribution >= 0.6 is 0 Å². The minimum absolute atomic E-state index is 0.570. The van der Waals surface area contributed by atoms with E-state index in [0.29, 0.717) is 5.78 Å². The summed E-state index contributed by atoms with van der Waals surface area (Å²) < 4.78 is 7.14. The van der Waals surface area contributed by atoms with E-state index in [-0.39, 0.29) is 0 Å². The van der Waals surface area contributed by atoms with Crippen molar-refractivity contribution in [2.45, 2.75) is 6.42 Å². The van der Waals surface area contributed by atoms with Gasteiger partial charge in [-0.3, -0.25) is 4.90 Å². The average Bonchev–Trinajstić information content (AvgIpc) is 3.29. The van der Waals surface area contributed by atoms with Gasteiger partial charge in [-0.25, -0.2) is 4.98 Å². The van der Waals surface area contributed by atoms with Crippen LogP contribution in [-0.4, -0.2) is 57.3 Å². The lowest BCUT2D eigenvalue weighted by Crippen LogP contribution is -2.37. The standard InChI is InChI=1S/C23H24N6O/c1-2-4-19(5-3-1)21-16-22(29-23(27-21)24-17-25-29)26-20-8-6-18(7-9-20)10-11-28-12-14-30-15-13-28/h1-9,16-17,26H,10-15H2. The van der Waals surface area contributed by atoms with Crippen molar-refractivity contribution in [2.24, 2.45) is 0 Å². The smallest absolute Gasteiger partial charge is 0.254 e. The largest absolute Gasteiger partial charge is 0.379 e. The highest BCUT2D eigenvalue weighted by Crippen LogP contribution is 2.24. The molecule has 1 saturated heterocycles. The topological polar surface area (TPSA) is 67.6 Å². The highest BCUT2D eigenvalue weighted by molar-refractivity contribution is 5.68. The zero-order valence-corrected chi connectivity index (χ0v) is 16.7. The number of anilines is 2. The third-order valence-electron chi connectivity index (χ3n) is 5.37. The fourth-order valence-electron chi connectivity index (χ4n) is 3.67. The molecule has 0 amide bonds. The molecule has 0 spiro atoms. The van der Waals surface area contributed by atoms with Gasteiger partial charge in [0.2, 0.25) is 0 Å². The Balaban J connectivity index is 1.33. The zero-order valence-electron chi connectivity index (χ0n) is 16.7. The van der Waals surface area contributed by atoms with Crippen LogP contribution in [-0.2, 0) is 11.2 Å². The molecule has 1 aliphatic rings. The van der Waals surface area contributed by atoms with E-state index in [1.807, 2.05) is 36.4 Å². The minimum Gasteiger partial charge on any atom is -0.379 e. The Morgan fingerprint density at radius 1 is 0.967 bits per heavy atom. The number of ether oxygens (including phenoxy) is 1. The van der Waals surface area contributed by atoms with Crippen LogP contribution in [0.15, 0.2) is 67.0 Å². The van der Waals surface area contributed by atoms with Crippen molar-refractivity contribution < 1.29 is 4.74 Å². The molecule has 0 aliphatic carbocycles. The Kier molecular flexibility index (Phi) is 5.37. The lowest BCUT2D eigenvalue weighted by atomic mass is 10.1. The normalized spacial score (nSPS) is 14.8. The number of hydrogen-bond acceptors (Lipinski definition) is 6. The van der Waals surface area contributed by atoms with Gasteiger partial charge >= 0.3 is 0 Å². The molecule has 5 rings (SSSR count). The number of aromatic nitrogens is 4. The second kappa shape index (κ2) is 8.61. The highest BCUT2D eigenvalue weighted by atomic mass is 16.5. The van der Waals surface area contributed by atoms with Crippen LogP contribution in [0.4, 0.5) is 11.5 Å². The molecule has 3 heterocycles. The molecule has 0 atom stereocenters. The molecule has 0 saturated carbocycles. The number of benzene rings is 2. The molecule has 7 heteroatoms. The minimum atomic E-state index is 0.570. The summed E-state index contributed by atoms with van der Waals surface area (Å²) in [6.07, 6.45) is 2.57. The molecule has 0 bridgehead atoms. The molecule has 0 unspecified atom stereocenters. The second-order valence-corrected chi connectivity index (χ2v) is 7.39. The third-order valence-corrected chi connectivity index (χ3v) is 5.37. The first-order valence-electron chi connectivity index (χ1n) is 10.3. The van der Waals surface area contributed by atoms with Gasteiger partial charge in [0.25, 0.3) is 5.78 Å². The summed E-state index contributed by atoms with van der Waals surface area (Å²) in [5.74, 6) is 1.40. The average molecular weight is 400 g/mol. The molecule has 152 valence electrons. The number of fused-ring (bicyclic) bond motifs is 1. The summed E-state index contributed by atoms with van der Waals surface area (Å²) in [6.45, 7) is 4.81. The SMILES string of the molecule is c1ccc(-c2cc(Nc3ccc(CCN4CCOCC4)cc3)n3ncnc3n2)cc1. The zero-order chi connectivity index (χ0) is 20.2. The first kappa shape index (κ1) is 18.7. The molecule has 7 nitrogen and oxygen atoms in total. The van der Waals surface area contributed by atoms with E-state index in [1.54, 1.807) is 4.52 Å². The summed E-state index contributed by atoms with van der Waals surface area (Å²) in [7, 11) is 0. The van der Waals surface area contributed by atoms with Crippen LogP contribution < -0.4 is 5.32 Å². The van der Waals surface area contributed by atoms with Crippen molar-refractivity contribution in [2.75, 3.05) is 38.2 Å². The van der Waals surface area contributed by atoms with Gasteiger partial charge in [-0.2, -0.15) is 14.6 Å². The van der Waals surface area contributed by atoms with Crippen LogP contribution in [0, 0.1) is 0 Å². The van der Waals surface area contributed by atoms with Crippen molar-refractivity contribution >= 4 is 17.3 Å². The maximum atomic E-state index is 5.42. The van der Waals surface area contributed by atoms with Crippen molar-refractivity contribution in [3.63, 3.8) is 0 Å². The van der Waals surface area contributed by atoms with Crippen LogP contribution in [0.1, 0.15) is 5.56 Å². The van der Waals surface area contributed by atoms with Gasteiger partial charge in [0, 0.05) is 37.0 Å². The molecule has 1 N–H and O–H groups in total. The molecule has 4 aromatic rings. The second-order valence-electron chi connectivity index (χ2n) is 7.39. The summed E-state index contributed by atoms with van der Waals surface area (Å²) in [4.78, 5) is 11.4.